The summed E-state index contributed by atoms with van der Waals surface area (Å²) in [5, 5.41) is 0. The van der Waals surface area contributed by atoms with Crippen molar-refractivity contribution in [1.29, 1.82) is 0 Å². The molecule has 0 bridgehead atoms. The van der Waals surface area contributed by atoms with E-state index in [4.69, 9.17) is 0 Å². The minimum atomic E-state index is 1.00. The first-order valence-corrected chi connectivity index (χ1v) is 5.95. The lowest BCUT2D eigenvalue weighted by Gasteiger charge is -2.12. The van der Waals surface area contributed by atoms with E-state index in [9.17, 15) is 0 Å². The minimum absolute atomic E-state index is 1.00. The van der Waals surface area contributed by atoms with Crippen molar-refractivity contribution in [3.05, 3.63) is 48.8 Å². The van der Waals surface area contributed by atoms with E-state index in [2.05, 4.69) is 57.3 Å². The second kappa shape index (κ2) is 4.18. The Morgan fingerprint density at radius 3 is 2.39 bits per heavy atom. The molecule has 3 heteroatoms. The number of hydrogen-bond donors (Lipinski definition) is 1. The van der Waals surface area contributed by atoms with Crippen molar-refractivity contribution >= 4 is 16.7 Å². The molecule has 0 fully saturated rings. The molecule has 3 aromatic rings. The van der Waals surface area contributed by atoms with Gasteiger partial charge in [0.15, 0.2) is 0 Å². The van der Waals surface area contributed by atoms with E-state index in [1.165, 1.54) is 16.8 Å². The molecule has 0 atom stereocenters. The molecule has 90 valence electrons. The van der Waals surface area contributed by atoms with Crippen LogP contribution in [0.15, 0.2) is 48.8 Å². The molecule has 2 aromatic carbocycles. The second-order valence-corrected chi connectivity index (χ2v) is 4.58. The molecule has 0 saturated heterocycles. The van der Waals surface area contributed by atoms with Gasteiger partial charge >= 0.3 is 0 Å². The lowest BCUT2D eigenvalue weighted by atomic mass is 10.0. The molecule has 0 aliphatic rings. The number of hydrogen-bond acceptors (Lipinski definition) is 2. The first-order valence-electron chi connectivity index (χ1n) is 5.95. The highest BCUT2D eigenvalue weighted by Crippen LogP contribution is 2.24. The van der Waals surface area contributed by atoms with Crippen LogP contribution in [0.3, 0.4) is 0 Å². The summed E-state index contributed by atoms with van der Waals surface area (Å²) in [7, 11) is 4.09. The molecule has 0 aliphatic carbocycles. The summed E-state index contributed by atoms with van der Waals surface area (Å²) in [4.78, 5) is 9.49. The number of anilines is 1. The summed E-state index contributed by atoms with van der Waals surface area (Å²) in [6.07, 6.45) is 1.73. The Balaban J connectivity index is 2.02. The van der Waals surface area contributed by atoms with Gasteiger partial charge < -0.3 is 9.88 Å². The molecule has 1 heterocycles. The Bertz CT molecular complexity index is 666. The molecule has 0 saturated carbocycles. The van der Waals surface area contributed by atoms with Crippen molar-refractivity contribution in [1.82, 2.24) is 9.97 Å². The monoisotopic (exact) mass is 237 g/mol. The molecule has 3 nitrogen and oxygen atoms in total. The van der Waals surface area contributed by atoms with E-state index in [0.717, 1.165) is 11.0 Å². The number of aromatic nitrogens is 2. The highest BCUT2D eigenvalue weighted by Gasteiger charge is 2.02. The van der Waals surface area contributed by atoms with E-state index in [0.29, 0.717) is 0 Å². The maximum absolute atomic E-state index is 4.29. The van der Waals surface area contributed by atoms with Crippen LogP contribution < -0.4 is 4.90 Å². The van der Waals surface area contributed by atoms with Crippen LogP contribution in [0, 0.1) is 0 Å². The van der Waals surface area contributed by atoms with Gasteiger partial charge in [-0.15, -0.1) is 0 Å². The fourth-order valence-electron chi connectivity index (χ4n) is 2.06. The Labute approximate surface area is 106 Å². The van der Waals surface area contributed by atoms with Gasteiger partial charge in [0, 0.05) is 19.8 Å². The standard InChI is InChI=1S/C15H15N3/c1-18(2)13-6-3-11(4-7-13)12-5-8-14-15(9-12)17-10-16-14/h3-10H,1-2H3,(H,16,17). The molecule has 0 unspecified atom stereocenters. The average molecular weight is 237 g/mol. The average Bonchev–Trinajstić information content (AvgIpc) is 2.86. The van der Waals surface area contributed by atoms with E-state index in [1.807, 2.05) is 14.1 Å². The van der Waals surface area contributed by atoms with E-state index < -0.39 is 0 Å². The van der Waals surface area contributed by atoms with E-state index in [1.54, 1.807) is 6.33 Å². The van der Waals surface area contributed by atoms with Crippen LogP contribution in [-0.2, 0) is 0 Å². The molecule has 0 spiro atoms. The van der Waals surface area contributed by atoms with Crippen molar-refractivity contribution in [3.8, 4) is 11.1 Å². The van der Waals surface area contributed by atoms with Gasteiger partial charge in [-0.25, -0.2) is 4.98 Å². The van der Waals surface area contributed by atoms with Crippen LogP contribution in [0.4, 0.5) is 5.69 Å². The Morgan fingerprint density at radius 1 is 0.944 bits per heavy atom. The number of aromatic amines is 1. The van der Waals surface area contributed by atoms with Crippen LogP contribution >= 0.6 is 0 Å². The number of benzene rings is 2. The predicted molar refractivity (Wildman–Crippen MR) is 75.9 cm³/mol. The maximum atomic E-state index is 4.29. The van der Waals surface area contributed by atoms with Crippen LogP contribution in [0.25, 0.3) is 22.2 Å². The molecule has 1 N–H and O–H groups in total. The lowest BCUT2D eigenvalue weighted by molar-refractivity contribution is 1.13. The molecule has 0 aliphatic heterocycles. The van der Waals surface area contributed by atoms with Gasteiger partial charge in [-0.1, -0.05) is 18.2 Å². The largest absolute Gasteiger partial charge is 0.378 e. The number of fused-ring (bicyclic) bond motifs is 1. The third-order valence-corrected chi connectivity index (χ3v) is 3.14. The van der Waals surface area contributed by atoms with Crippen LogP contribution in [0.1, 0.15) is 0 Å². The van der Waals surface area contributed by atoms with Crippen molar-refractivity contribution in [2.75, 3.05) is 19.0 Å². The summed E-state index contributed by atoms with van der Waals surface area (Å²) >= 11 is 0. The van der Waals surface area contributed by atoms with E-state index >= 15 is 0 Å². The molecule has 18 heavy (non-hydrogen) atoms. The molecular formula is C15H15N3. The summed E-state index contributed by atoms with van der Waals surface area (Å²) in [6, 6.07) is 14.8. The van der Waals surface area contributed by atoms with Crippen molar-refractivity contribution in [3.63, 3.8) is 0 Å². The van der Waals surface area contributed by atoms with Gasteiger partial charge in [-0.3, -0.25) is 0 Å². The predicted octanol–water partition coefficient (Wildman–Crippen LogP) is 3.30. The zero-order chi connectivity index (χ0) is 12.5. The maximum Gasteiger partial charge on any atom is 0.0931 e. The third-order valence-electron chi connectivity index (χ3n) is 3.14. The fraction of sp³-hybridized carbons (Fsp3) is 0.133. The number of nitrogens with one attached hydrogen (secondary N) is 1. The Morgan fingerprint density at radius 2 is 1.67 bits per heavy atom. The van der Waals surface area contributed by atoms with Gasteiger partial charge in [-0.05, 0) is 35.4 Å². The topological polar surface area (TPSA) is 31.9 Å². The third kappa shape index (κ3) is 1.84. The lowest BCUT2D eigenvalue weighted by Crippen LogP contribution is -2.07. The van der Waals surface area contributed by atoms with Gasteiger partial charge in [0.1, 0.15) is 0 Å². The smallest absolute Gasteiger partial charge is 0.0931 e. The van der Waals surface area contributed by atoms with Gasteiger partial charge in [-0.2, -0.15) is 0 Å². The van der Waals surface area contributed by atoms with Gasteiger partial charge in [0.2, 0.25) is 0 Å². The van der Waals surface area contributed by atoms with Crippen LogP contribution in [0.5, 0.6) is 0 Å². The molecule has 0 radical (unpaired) electrons. The number of imidazole rings is 1. The zero-order valence-corrected chi connectivity index (χ0v) is 10.5. The summed E-state index contributed by atoms with van der Waals surface area (Å²) in [6.45, 7) is 0. The first-order chi connectivity index (χ1) is 8.74. The highest BCUT2D eigenvalue weighted by atomic mass is 15.1. The van der Waals surface area contributed by atoms with Crippen molar-refractivity contribution < 1.29 is 0 Å². The van der Waals surface area contributed by atoms with Crippen LogP contribution in [0.2, 0.25) is 0 Å². The summed E-state index contributed by atoms with van der Waals surface area (Å²) in [5.41, 5.74) is 5.69. The second-order valence-electron chi connectivity index (χ2n) is 4.58. The van der Waals surface area contributed by atoms with Crippen LogP contribution in [-0.4, -0.2) is 24.1 Å². The Kier molecular flexibility index (Phi) is 2.52. The first kappa shape index (κ1) is 10.8. The molecular weight excluding hydrogens is 222 g/mol. The van der Waals surface area contributed by atoms with Crippen molar-refractivity contribution in [2.45, 2.75) is 0 Å². The summed E-state index contributed by atoms with van der Waals surface area (Å²) < 4.78 is 0. The zero-order valence-electron chi connectivity index (χ0n) is 10.5. The Hall–Kier alpha value is -2.29. The van der Waals surface area contributed by atoms with Gasteiger partial charge in [0.05, 0.1) is 17.4 Å². The highest BCUT2D eigenvalue weighted by molar-refractivity contribution is 5.81. The quantitative estimate of drug-likeness (QED) is 0.741. The molecule has 0 amide bonds. The molecule has 3 rings (SSSR count). The number of H-pyrrole nitrogens is 1. The minimum Gasteiger partial charge on any atom is -0.378 e. The fourth-order valence-corrected chi connectivity index (χ4v) is 2.06. The normalized spacial score (nSPS) is 10.8. The van der Waals surface area contributed by atoms with Crippen molar-refractivity contribution in [2.24, 2.45) is 0 Å². The number of rotatable bonds is 2. The SMILES string of the molecule is CN(C)c1ccc(-c2ccc3[nH]cnc3c2)cc1. The van der Waals surface area contributed by atoms with E-state index in [-0.39, 0.29) is 0 Å². The molecule has 1 aromatic heterocycles. The number of nitrogens with zero attached hydrogens (tertiary/aromatic N) is 2. The van der Waals surface area contributed by atoms with Gasteiger partial charge in [0.25, 0.3) is 0 Å². The summed E-state index contributed by atoms with van der Waals surface area (Å²) in [5.74, 6) is 0.